The lowest BCUT2D eigenvalue weighted by atomic mass is 10.1. The van der Waals surface area contributed by atoms with E-state index in [1.54, 1.807) is 19.9 Å². The van der Waals surface area contributed by atoms with E-state index < -0.39 is 5.97 Å². The second-order valence-corrected chi connectivity index (χ2v) is 5.09. The van der Waals surface area contributed by atoms with Crippen molar-refractivity contribution in [2.75, 3.05) is 0 Å². The minimum absolute atomic E-state index is 0.0136. The summed E-state index contributed by atoms with van der Waals surface area (Å²) in [6.07, 6.45) is 0. The lowest BCUT2D eigenvalue weighted by molar-refractivity contribution is 0.0692. The summed E-state index contributed by atoms with van der Waals surface area (Å²) in [4.78, 5) is 11.3. The van der Waals surface area contributed by atoms with E-state index in [2.05, 4.69) is 32.8 Å². The maximum absolute atomic E-state index is 11.3. The van der Waals surface area contributed by atoms with Crippen LogP contribution in [0.2, 0.25) is 0 Å². The Kier molecular flexibility index (Phi) is 3.98. The number of aromatic carboxylic acids is 1. The van der Waals surface area contributed by atoms with Crippen molar-refractivity contribution in [3.05, 3.63) is 44.7 Å². The number of nitrogens with zero attached hydrogens (tertiary/aromatic N) is 2. The number of carbonyl (C=O) groups is 1. The lowest BCUT2D eigenvalue weighted by Gasteiger charge is -2.11. The summed E-state index contributed by atoms with van der Waals surface area (Å²) in [6.45, 7) is 3.40. The molecule has 5 nitrogen and oxygen atoms in total. The van der Waals surface area contributed by atoms with E-state index in [-0.39, 0.29) is 11.4 Å². The van der Waals surface area contributed by atoms with Crippen LogP contribution >= 0.6 is 22.6 Å². The third kappa shape index (κ3) is 2.83. The van der Waals surface area contributed by atoms with E-state index in [1.807, 2.05) is 18.2 Å². The summed E-state index contributed by atoms with van der Waals surface area (Å²) in [7, 11) is 0. The molecule has 0 aliphatic carbocycles. The van der Waals surface area contributed by atoms with Crippen LogP contribution < -0.4 is 4.74 Å². The number of ether oxygens (including phenoxy) is 1. The Bertz CT molecular complexity index is 644. The quantitative estimate of drug-likeness (QED) is 0.841. The molecule has 2 aromatic rings. The molecule has 0 saturated heterocycles. The number of rotatable bonds is 3. The molecule has 0 bridgehead atoms. The minimum Gasteiger partial charge on any atom is -0.477 e. The van der Waals surface area contributed by atoms with Crippen LogP contribution in [0.3, 0.4) is 0 Å². The Balaban J connectivity index is 2.49. The van der Waals surface area contributed by atoms with Gasteiger partial charge in [-0.3, -0.25) is 0 Å². The van der Waals surface area contributed by atoms with Crippen molar-refractivity contribution in [2.45, 2.75) is 13.8 Å². The highest BCUT2D eigenvalue weighted by atomic mass is 127. The Labute approximate surface area is 123 Å². The average molecular weight is 370 g/mol. The van der Waals surface area contributed by atoms with Crippen LogP contribution in [0.1, 0.15) is 21.6 Å². The number of halogens is 1. The standard InChI is InChI=1S/C13H11IN2O3/c1-7-8(2)15-16-12(11(7)13(17)18)19-10-6-4-3-5-9(10)14/h3-6H,1-2H3,(H,17,18). The number of aromatic nitrogens is 2. The number of hydrogen-bond acceptors (Lipinski definition) is 4. The topological polar surface area (TPSA) is 72.3 Å². The summed E-state index contributed by atoms with van der Waals surface area (Å²) in [6, 6.07) is 7.31. The van der Waals surface area contributed by atoms with Gasteiger partial charge < -0.3 is 9.84 Å². The minimum atomic E-state index is -1.07. The molecule has 0 saturated carbocycles. The predicted octanol–water partition coefficient (Wildman–Crippen LogP) is 3.19. The average Bonchev–Trinajstić information content (AvgIpc) is 2.36. The zero-order chi connectivity index (χ0) is 14.0. The summed E-state index contributed by atoms with van der Waals surface area (Å²) in [5.41, 5.74) is 1.18. The molecule has 0 aliphatic heterocycles. The predicted molar refractivity (Wildman–Crippen MR) is 77.7 cm³/mol. The van der Waals surface area contributed by atoms with Gasteiger partial charge in [-0.1, -0.05) is 12.1 Å². The first-order chi connectivity index (χ1) is 9.00. The molecule has 0 fully saturated rings. The second-order valence-electron chi connectivity index (χ2n) is 3.93. The van der Waals surface area contributed by atoms with Gasteiger partial charge in [0.25, 0.3) is 5.88 Å². The van der Waals surface area contributed by atoms with Crippen LogP contribution in [0, 0.1) is 17.4 Å². The van der Waals surface area contributed by atoms with E-state index in [9.17, 15) is 9.90 Å². The smallest absolute Gasteiger partial charge is 0.341 e. The number of hydrogen-bond donors (Lipinski definition) is 1. The van der Waals surface area contributed by atoms with Crippen LogP contribution in [0.4, 0.5) is 0 Å². The molecular formula is C13H11IN2O3. The van der Waals surface area contributed by atoms with Gasteiger partial charge in [0.2, 0.25) is 0 Å². The van der Waals surface area contributed by atoms with Gasteiger partial charge >= 0.3 is 5.97 Å². The highest BCUT2D eigenvalue weighted by Crippen LogP contribution is 2.28. The molecule has 0 spiro atoms. The summed E-state index contributed by atoms with van der Waals surface area (Å²) < 4.78 is 6.45. The van der Waals surface area contributed by atoms with Crippen LogP contribution in [0.15, 0.2) is 24.3 Å². The van der Waals surface area contributed by atoms with Gasteiger partial charge in [0.05, 0.1) is 9.26 Å². The first-order valence-electron chi connectivity index (χ1n) is 5.50. The molecule has 1 heterocycles. The molecule has 6 heteroatoms. The SMILES string of the molecule is Cc1nnc(Oc2ccccc2I)c(C(=O)O)c1C. The summed E-state index contributed by atoms with van der Waals surface area (Å²) in [5.74, 6) is -0.501. The van der Waals surface area contributed by atoms with Crippen LogP contribution in [0.5, 0.6) is 11.6 Å². The van der Waals surface area contributed by atoms with Gasteiger partial charge in [-0.15, -0.1) is 5.10 Å². The van der Waals surface area contributed by atoms with Crippen molar-refractivity contribution in [2.24, 2.45) is 0 Å². The largest absolute Gasteiger partial charge is 0.477 e. The molecule has 98 valence electrons. The number of carboxylic acid groups (broad SMARTS) is 1. The van der Waals surface area contributed by atoms with Crippen molar-refractivity contribution in [3.8, 4) is 11.6 Å². The number of carboxylic acids is 1. The fourth-order valence-corrected chi connectivity index (χ4v) is 2.04. The maximum Gasteiger partial charge on any atom is 0.341 e. The van der Waals surface area contributed by atoms with E-state index >= 15 is 0 Å². The molecule has 0 atom stereocenters. The molecular weight excluding hydrogens is 359 g/mol. The number of para-hydroxylation sites is 1. The zero-order valence-corrected chi connectivity index (χ0v) is 12.5. The van der Waals surface area contributed by atoms with Crippen molar-refractivity contribution in [3.63, 3.8) is 0 Å². The highest BCUT2D eigenvalue weighted by Gasteiger charge is 2.20. The van der Waals surface area contributed by atoms with Gasteiger partial charge in [-0.2, -0.15) is 5.10 Å². The van der Waals surface area contributed by atoms with Gasteiger partial charge in [-0.25, -0.2) is 4.79 Å². The molecule has 19 heavy (non-hydrogen) atoms. The highest BCUT2D eigenvalue weighted by molar-refractivity contribution is 14.1. The maximum atomic E-state index is 11.3. The fourth-order valence-electron chi connectivity index (χ4n) is 1.54. The molecule has 1 aromatic heterocycles. The summed E-state index contributed by atoms with van der Waals surface area (Å²) >= 11 is 2.11. The second kappa shape index (κ2) is 5.52. The molecule has 2 rings (SSSR count). The molecule has 0 aliphatic rings. The molecule has 0 unspecified atom stereocenters. The lowest BCUT2D eigenvalue weighted by Crippen LogP contribution is -2.08. The van der Waals surface area contributed by atoms with Crippen molar-refractivity contribution in [1.82, 2.24) is 10.2 Å². The van der Waals surface area contributed by atoms with E-state index in [1.165, 1.54) is 0 Å². The monoisotopic (exact) mass is 370 g/mol. The molecule has 1 aromatic carbocycles. The third-order valence-electron chi connectivity index (χ3n) is 2.68. The summed E-state index contributed by atoms with van der Waals surface area (Å²) in [5, 5.41) is 17.0. The van der Waals surface area contributed by atoms with Gasteiger partial charge in [-0.05, 0) is 54.1 Å². The van der Waals surface area contributed by atoms with Crippen molar-refractivity contribution in [1.29, 1.82) is 0 Å². The first-order valence-corrected chi connectivity index (χ1v) is 6.58. The third-order valence-corrected chi connectivity index (χ3v) is 3.57. The van der Waals surface area contributed by atoms with Gasteiger partial charge in [0, 0.05) is 0 Å². The van der Waals surface area contributed by atoms with Crippen molar-refractivity contribution >= 4 is 28.6 Å². The fraction of sp³-hybridized carbons (Fsp3) is 0.154. The molecule has 0 radical (unpaired) electrons. The van der Waals surface area contributed by atoms with Crippen molar-refractivity contribution < 1.29 is 14.6 Å². The van der Waals surface area contributed by atoms with E-state index in [0.29, 0.717) is 17.0 Å². The van der Waals surface area contributed by atoms with E-state index in [0.717, 1.165) is 3.57 Å². The van der Waals surface area contributed by atoms with Gasteiger partial charge in [0.15, 0.2) is 0 Å². The Morgan fingerprint density at radius 3 is 2.58 bits per heavy atom. The Hall–Kier alpha value is -1.70. The molecule has 1 N–H and O–H groups in total. The Morgan fingerprint density at radius 1 is 1.26 bits per heavy atom. The number of benzene rings is 1. The zero-order valence-electron chi connectivity index (χ0n) is 10.3. The Morgan fingerprint density at radius 2 is 1.95 bits per heavy atom. The van der Waals surface area contributed by atoms with Crippen LogP contribution in [-0.2, 0) is 0 Å². The number of aryl methyl sites for hydroxylation is 1. The van der Waals surface area contributed by atoms with Gasteiger partial charge in [0.1, 0.15) is 11.3 Å². The van der Waals surface area contributed by atoms with Crippen LogP contribution in [0.25, 0.3) is 0 Å². The first kappa shape index (κ1) is 13.7. The van der Waals surface area contributed by atoms with Crippen LogP contribution in [-0.4, -0.2) is 21.3 Å². The normalized spacial score (nSPS) is 10.3. The molecule has 0 amide bonds. The van der Waals surface area contributed by atoms with E-state index in [4.69, 9.17) is 4.74 Å².